The van der Waals surface area contributed by atoms with E-state index in [0.717, 1.165) is 51.4 Å². The van der Waals surface area contributed by atoms with Gasteiger partial charge in [0.15, 0.2) is 0 Å². The summed E-state index contributed by atoms with van der Waals surface area (Å²) >= 11 is 4.26. The molecule has 6 aliphatic carbocycles. The largest absolute Gasteiger partial charge is 0.311 e. The van der Waals surface area contributed by atoms with E-state index in [0.29, 0.717) is 0 Å². The minimum Gasteiger partial charge on any atom is -0.311 e. The molecule has 0 spiro atoms. The van der Waals surface area contributed by atoms with Crippen molar-refractivity contribution in [3.8, 4) is 0 Å². The summed E-state index contributed by atoms with van der Waals surface area (Å²) in [7, 11) is 0. The van der Waals surface area contributed by atoms with Crippen molar-refractivity contribution in [2.75, 3.05) is 19.6 Å². The van der Waals surface area contributed by atoms with Crippen molar-refractivity contribution in [3.05, 3.63) is 247 Å². The molecule has 22 rings (SSSR count). The minimum atomic E-state index is -0.115. The third-order valence-corrected chi connectivity index (χ3v) is 39.3. The summed E-state index contributed by atoms with van der Waals surface area (Å²) in [5.41, 5.74) is 45.5. The lowest BCUT2D eigenvalue weighted by atomic mass is 9.35. The van der Waals surface area contributed by atoms with E-state index in [1.807, 2.05) is 0 Å². The van der Waals surface area contributed by atoms with Crippen molar-refractivity contribution in [1.29, 1.82) is 0 Å². The van der Waals surface area contributed by atoms with Crippen molar-refractivity contribution in [3.63, 3.8) is 0 Å². The Labute approximate surface area is 796 Å². The molecule has 0 fully saturated rings. The summed E-state index contributed by atoms with van der Waals surface area (Å²) in [6, 6.07) is 67.8. The first-order valence-corrected chi connectivity index (χ1v) is 52.4. The molecule has 2 aromatic heterocycles. The maximum absolute atomic E-state index is 2.86. The van der Waals surface area contributed by atoms with Crippen molar-refractivity contribution >= 4 is 156 Å². The van der Waals surface area contributed by atoms with Crippen LogP contribution in [0.4, 0.5) is 68.2 Å². The van der Waals surface area contributed by atoms with Gasteiger partial charge in [0.25, 0.3) is 13.4 Å². The topological polar surface area (TPSA) is 13.0 Å². The molecule has 676 valence electrons. The Balaban J connectivity index is 0.723. The van der Waals surface area contributed by atoms with Crippen LogP contribution >= 0.6 is 22.7 Å². The average molecular weight is 1770 g/mol. The van der Waals surface area contributed by atoms with Crippen LogP contribution in [0.5, 0.6) is 0 Å². The Kier molecular flexibility index (Phi) is 18.8. The quantitative estimate of drug-likeness (QED) is 0.141. The van der Waals surface area contributed by atoms with E-state index >= 15 is 0 Å². The number of anilines is 12. The Hall–Kier alpha value is -8.55. The molecule has 6 heterocycles. The molecule has 0 saturated heterocycles. The van der Waals surface area contributed by atoms with Crippen LogP contribution in [0.3, 0.4) is 0 Å². The number of fused-ring (bicyclic) bond motifs is 18. The molecule has 0 N–H and O–H groups in total. The van der Waals surface area contributed by atoms with E-state index in [9.17, 15) is 0 Å². The van der Waals surface area contributed by atoms with Gasteiger partial charge in [0.05, 0.1) is 11.4 Å². The van der Waals surface area contributed by atoms with Gasteiger partial charge in [0.1, 0.15) is 0 Å². The van der Waals surface area contributed by atoms with Gasteiger partial charge in [0, 0.05) is 86.6 Å². The van der Waals surface area contributed by atoms with Crippen LogP contribution in [-0.2, 0) is 82.2 Å². The molecule has 10 aromatic carbocycles. The summed E-state index contributed by atoms with van der Waals surface area (Å²) in [5, 5.41) is 2.83. The van der Waals surface area contributed by atoms with Gasteiger partial charge in [0.2, 0.25) is 0 Å². The molecule has 2 atom stereocenters. The molecule has 131 heavy (non-hydrogen) atoms. The number of hydrogen-bond donors (Lipinski definition) is 0. The summed E-state index contributed by atoms with van der Waals surface area (Å²) in [5.74, 6) is 0. The first-order valence-electron chi connectivity index (χ1n) is 50.8. The summed E-state index contributed by atoms with van der Waals surface area (Å²) < 4.78 is 5.83. The fourth-order valence-electron chi connectivity index (χ4n) is 27.2. The van der Waals surface area contributed by atoms with Crippen molar-refractivity contribution in [2.45, 2.75) is 380 Å². The maximum Gasteiger partial charge on any atom is 0.264 e. The number of rotatable bonds is 8. The minimum absolute atomic E-state index is 0.0106. The number of benzene rings is 10. The number of hydrogen-bond acceptors (Lipinski definition) is 6. The van der Waals surface area contributed by atoms with E-state index in [1.54, 1.807) is 22.3 Å². The van der Waals surface area contributed by atoms with Crippen LogP contribution in [0, 0.1) is 6.92 Å². The van der Waals surface area contributed by atoms with Crippen molar-refractivity contribution in [2.24, 2.45) is 0 Å². The van der Waals surface area contributed by atoms with Crippen LogP contribution < -0.4 is 51.0 Å². The fraction of sp³-hybridized carbons (Fsp3) is 0.480. The van der Waals surface area contributed by atoms with Gasteiger partial charge in [-0.1, -0.05) is 249 Å². The highest BCUT2D eigenvalue weighted by atomic mass is 32.1. The number of nitrogens with zero attached hydrogens (tertiary/aromatic N) is 4. The SMILES string of the molecule is CCc1cc2c3c(c1)N(c1ccc4c(c1)C(C)(C)CCC4(C)C)c1c(sc4cc5c(cc14)C(C)(C)CCC5(C)CCC1(C)CCC(C)(C)c4ccc(N5c6cc(C)cc7c6B(c6cc8c(cc6N7c6ccc(C(C)(C)C)cc6)C(C)(C)CCC8(C)C)c6sc7cc8c(cc7c65)C(C)(C)CCC8(C)C)cc41)B3c1cc3c(cc1N2c1ccc(C(C)(C)C)cc1)C(C)(C)CCC3(C)C. The highest BCUT2D eigenvalue weighted by molar-refractivity contribution is 7.34. The molecule has 8 heteroatoms. The molecule has 4 nitrogen and oxygen atoms in total. The number of thiophene rings is 2. The predicted octanol–water partition coefficient (Wildman–Crippen LogP) is 31.3. The lowest BCUT2D eigenvalue weighted by Gasteiger charge is -2.48. The second-order valence-corrected chi connectivity index (χ2v) is 54.8. The van der Waals surface area contributed by atoms with Crippen LogP contribution in [0.2, 0.25) is 0 Å². The number of aryl methyl sites for hydroxylation is 2. The smallest absolute Gasteiger partial charge is 0.264 e. The molecule has 0 saturated carbocycles. The van der Waals surface area contributed by atoms with E-state index in [-0.39, 0.29) is 89.2 Å². The van der Waals surface area contributed by atoms with Crippen LogP contribution in [-0.4, -0.2) is 13.4 Å². The van der Waals surface area contributed by atoms with Crippen LogP contribution in [0.25, 0.3) is 20.2 Å². The van der Waals surface area contributed by atoms with Gasteiger partial charge in [-0.2, -0.15) is 0 Å². The van der Waals surface area contributed by atoms with Gasteiger partial charge >= 0.3 is 0 Å². The highest BCUT2D eigenvalue weighted by Gasteiger charge is 2.55. The first-order chi connectivity index (χ1) is 61.1. The van der Waals surface area contributed by atoms with Crippen LogP contribution in [0.15, 0.2) is 158 Å². The summed E-state index contributed by atoms with van der Waals surface area (Å²) in [4.78, 5) is 11.2. The standard InChI is InChI=1S/C123H146B2N4S2/c1-31-73-60-100-105-101(61-73)129(78-40-42-82-84(62-78)114(13,14)45-44-112(82,9)10)107-81-65-86-93(71-103(81)131-109(107)125(105)95-67-88-90(119(23,24)50-48-117(88,19)20)69-97(95)127(100)77-38-34-75(35-39-77)111(6,7)8)123(30,55-53-121(86,27)28)57-56-122(29)54-52-113(11,12)83-43-41-79(63-92(83)122)128-99-59-72(2)58-98-104(99)124(108-106(128)80-64-85-91(70-102(80)130-108)120(25,26)51-46-115(85,15)16)94-66-87-89(118(21,22)49-47-116(87,17)18)68-96(94)126(98)76-36-32-74(33-37-76)110(3,4)5/h32-43,58-71H,31,44-57H2,1-30H3. The summed E-state index contributed by atoms with van der Waals surface area (Å²) in [6.07, 6.45) is 17.1. The van der Waals surface area contributed by atoms with E-state index < -0.39 is 0 Å². The Morgan fingerprint density at radius 2 is 0.565 bits per heavy atom. The molecule has 10 aliphatic rings. The molecular formula is C123H146B2N4S2. The normalized spacial score (nSPS) is 22.7. The van der Waals surface area contributed by atoms with Gasteiger partial charge in [-0.05, 0) is 399 Å². The molecule has 4 aliphatic heterocycles. The van der Waals surface area contributed by atoms with Gasteiger partial charge in [-0.3, -0.25) is 0 Å². The van der Waals surface area contributed by atoms with Gasteiger partial charge in [-0.15, -0.1) is 22.7 Å². The second kappa shape index (κ2) is 28.1. The third-order valence-electron chi connectivity index (χ3n) is 36.9. The molecule has 0 bridgehead atoms. The fourth-order valence-corrected chi connectivity index (χ4v) is 29.9. The lowest BCUT2D eigenvalue weighted by Crippen LogP contribution is -2.61. The first kappa shape index (κ1) is 87.8. The second-order valence-electron chi connectivity index (χ2n) is 52.7. The monoisotopic (exact) mass is 1770 g/mol. The molecule has 0 radical (unpaired) electrons. The molecule has 0 amide bonds. The van der Waals surface area contributed by atoms with E-state index in [1.165, 1.54) is 232 Å². The maximum atomic E-state index is 2.86. The van der Waals surface area contributed by atoms with Crippen molar-refractivity contribution < 1.29 is 0 Å². The third kappa shape index (κ3) is 13.0. The van der Waals surface area contributed by atoms with E-state index in [4.69, 9.17) is 0 Å². The zero-order valence-electron chi connectivity index (χ0n) is 85.4. The van der Waals surface area contributed by atoms with Crippen LogP contribution in [0.1, 0.15) is 380 Å². The van der Waals surface area contributed by atoms with E-state index in [2.05, 4.69) is 408 Å². The zero-order valence-corrected chi connectivity index (χ0v) is 87.0. The van der Waals surface area contributed by atoms with Gasteiger partial charge in [-0.25, -0.2) is 0 Å². The average Bonchev–Trinajstić information content (AvgIpc) is 1.66. The van der Waals surface area contributed by atoms with Gasteiger partial charge < -0.3 is 19.6 Å². The molecular weight excluding hydrogens is 1620 g/mol. The molecule has 12 aromatic rings. The summed E-state index contributed by atoms with van der Waals surface area (Å²) in [6.45, 7) is 75.2. The Bertz CT molecular complexity index is 6880. The predicted molar refractivity (Wildman–Crippen MR) is 573 cm³/mol. The Morgan fingerprint density at radius 1 is 0.282 bits per heavy atom. The Morgan fingerprint density at radius 3 is 0.947 bits per heavy atom. The lowest BCUT2D eigenvalue weighted by molar-refractivity contribution is 0.238. The highest BCUT2D eigenvalue weighted by Crippen LogP contribution is 2.62. The zero-order chi connectivity index (χ0) is 92.8. The van der Waals surface area contributed by atoms with Crippen molar-refractivity contribution in [1.82, 2.24) is 0 Å². The molecule has 2 unspecified atom stereocenters.